The van der Waals surface area contributed by atoms with E-state index in [-0.39, 0.29) is 43.4 Å². The Kier molecular flexibility index (Phi) is 18.1. The minimum atomic E-state index is -2.52. The third-order valence-corrected chi connectivity index (χ3v) is 15.1. The van der Waals surface area contributed by atoms with Crippen LogP contribution in [0, 0.1) is 29.6 Å². The minimum absolute atomic E-state index is 0.0232. The Hall–Kier alpha value is -3.92. The molecule has 67 heavy (non-hydrogen) atoms. The highest BCUT2D eigenvalue weighted by Gasteiger charge is 2.56. The van der Waals surface area contributed by atoms with E-state index < -0.39 is 90.0 Å². The zero-order chi connectivity index (χ0) is 48.7. The molecule has 3 fully saturated rings. The molecule has 4 heterocycles. The lowest BCUT2D eigenvalue weighted by Gasteiger charge is -2.47. The van der Waals surface area contributed by atoms with Gasteiger partial charge in [0.05, 0.1) is 24.4 Å². The van der Waals surface area contributed by atoms with Gasteiger partial charge < -0.3 is 48.5 Å². The first-order valence-electron chi connectivity index (χ1n) is 24.9. The Labute approximate surface area is 397 Å². The van der Waals surface area contributed by atoms with Gasteiger partial charge >= 0.3 is 5.97 Å². The van der Waals surface area contributed by atoms with Crippen LogP contribution in [0.1, 0.15) is 126 Å². The molecule has 2 bridgehead atoms. The Balaban J connectivity index is 1.28. The number of carbonyl (C=O) groups excluding carboxylic acids is 4. The molecule has 14 atom stereocenters. The molecule has 0 radical (unpaired) electrons. The minimum Gasteiger partial charge on any atom is -0.488 e. The van der Waals surface area contributed by atoms with E-state index in [0.717, 1.165) is 29.4 Å². The molecule has 3 N–H and O–H groups in total. The number of amides is 1. The van der Waals surface area contributed by atoms with Crippen molar-refractivity contribution in [1.82, 2.24) is 9.47 Å². The van der Waals surface area contributed by atoms with Crippen molar-refractivity contribution >= 4 is 34.3 Å². The summed E-state index contributed by atoms with van der Waals surface area (Å²) in [5.41, 5.74) is 2.76. The second kappa shape index (κ2) is 23.1. The van der Waals surface area contributed by atoms with Crippen molar-refractivity contribution < 1.29 is 58.2 Å². The largest absolute Gasteiger partial charge is 0.488 e. The monoisotopic (exact) mass is 935 g/mol. The van der Waals surface area contributed by atoms with E-state index in [0.29, 0.717) is 62.7 Å². The maximum absolute atomic E-state index is 14.5. The van der Waals surface area contributed by atoms with E-state index in [1.807, 2.05) is 51.1 Å². The standard InChI is InChI=1S/C53H78N2O12/c1-10-20-54-22-19-38-29-39(16-17-40(38)54)65-45-18-15-36(28-44(45)58)26-33(5)48-35(7)42(56)30-43(57)37(11-2)24-31(3)23-32(4)25-46(63-8)49-47(64-9)27-34(6)53(62,67-49)50(59)51(60)55-21-13-12-14-41(55)52(61)66-48/h16-17,19,22,24,26,29,32,34-37,41-42,44-49,56,58,62H,10-15,18,20-21,23,25,27-28,30H2,1-9H3/b31-24+,33-26?. The maximum atomic E-state index is 14.5. The number of cyclic esters (lactones) is 1. The van der Waals surface area contributed by atoms with Crippen LogP contribution >= 0.6 is 0 Å². The number of nitrogens with zero attached hydrogens (tertiary/aromatic N) is 2. The maximum Gasteiger partial charge on any atom is 0.329 e. The Morgan fingerprint density at radius 2 is 1.64 bits per heavy atom. The Morgan fingerprint density at radius 3 is 2.33 bits per heavy atom. The normalized spacial score (nSPS) is 36.7. The van der Waals surface area contributed by atoms with Crippen molar-refractivity contribution in [3.8, 4) is 5.75 Å². The predicted octanol–water partition coefficient (Wildman–Crippen LogP) is 7.27. The number of benzene rings is 1. The number of allylic oxidation sites excluding steroid dienone is 3. The summed E-state index contributed by atoms with van der Waals surface area (Å²) in [5.74, 6) is -7.06. The van der Waals surface area contributed by atoms with E-state index >= 15 is 0 Å². The van der Waals surface area contributed by atoms with Gasteiger partial charge in [0.1, 0.15) is 35.9 Å². The number of ketones is 2. The fourth-order valence-corrected chi connectivity index (χ4v) is 11.1. The van der Waals surface area contributed by atoms with E-state index in [2.05, 4.69) is 30.7 Å². The van der Waals surface area contributed by atoms with Gasteiger partial charge in [0.15, 0.2) is 0 Å². The summed E-state index contributed by atoms with van der Waals surface area (Å²) < 4.78 is 33.0. The second-order valence-electron chi connectivity index (χ2n) is 20.3. The zero-order valence-corrected chi connectivity index (χ0v) is 41.4. The van der Waals surface area contributed by atoms with E-state index in [1.165, 1.54) is 19.1 Å². The van der Waals surface area contributed by atoms with Crippen LogP contribution < -0.4 is 4.74 Å². The van der Waals surface area contributed by atoms with E-state index in [9.17, 15) is 34.5 Å². The van der Waals surface area contributed by atoms with Crippen LogP contribution in [0.5, 0.6) is 5.75 Å². The average Bonchev–Trinajstić information content (AvgIpc) is 3.71. The van der Waals surface area contributed by atoms with Crippen LogP contribution in [-0.4, -0.2) is 124 Å². The summed E-state index contributed by atoms with van der Waals surface area (Å²) in [5, 5.41) is 36.5. The number of aliphatic hydroxyl groups excluding tert-OH is 2. The van der Waals surface area contributed by atoms with Gasteiger partial charge in [0.25, 0.3) is 11.7 Å². The van der Waals surface area contributed by atoms with Gasteiger partial charge in [-0.15, -0.1) is 0 Å². The molecule has 14 nitrogen and oxygen atoms in total. The van der Waals surface area contributed by atoms with Gasteiger partial charge in [-0.25, -0.2) is 4.79 Å². The van der Waals surface area contributed by atoms with Crippen molar-refractivity contribution in [2.45, 2.75) is 187 Å². The predicted molar refractivity (Wildman–Crippen MR) is 254 cm³/mol. The number of hydrogen-bond acceptors (Lipinski definition) is 12. The molecule has 2 saturated heterocycles. The summed E-state index contributed by atoms with van der Waals surface area (Å²) in [6, 6.07) is 6.91. The second-order valence-corrected chi connectivity index (χ2v) is 20.3. The molecule has 1 amide bonds. The smallest absolute Gasteiger partial charge is 0.329 e. The number of esters is 1. The number of carbonyl (C=O) groups is 4. The van der Waals surface area contributed by atoms with Crippen molar-refractivity contribution in [3.63, 3.8) is 0 Å². The van der Waals surface area contributed by atoms with Crippen molar-refractivity contribution in [2.75, 3.05) is 20.8 Å². The highest BCUT2D eigenvalue weighted by atomic mass is 16.7. The van der Waals surface area contributed by atoms with Gasteiger partial charge in [-0.3, -0.25) is 14.4 Å². The molecular formula is C53H78N2O12. The Bertz CT molecular complexity index is 2100. The molecule has 14 unspecified atom stereocenters. The van der Waals surface area contributed by atoms with Crippen molar-refractivity contribution in [1.29, 1.82) is 0 Å². The van der Waals surface area contributed by atoms with Crippen LogP contribution in [0.15, 0.2) is 53.8 Å². The number of aryl methyl sites for hydroxylation is 1. The molecule has 1 aromatic carbocycles. The zero-order valence-electron chi connectivity index (χ0n) is 41.4. The van der Waals surface area contributed by atoms with Gasteiger partial charge in [-0.2, -0.15) is 0 Å². The number of rotatable bonds is 9. The lowest BCUT2D eigenvalue weighted by Crippen LogP contribution is -2.64. The summed E-state index contributed by atoms with van der Waals surface area (Å²) in [4.78, 5) is 58.4. The molecule has 6 rings (SSSR count). The van der Waals surface area contributed by atoms with Crippen LogP contribution in [0.4, 0.5) is 0 Å². The number of piperidine rings is 1. The van der Waals surface area contributed by atoms with Gasteiger partial charge in [-0.05, 0) is 126 Å². The Morgan fingerprint density at radius 1 is 0.910 bits per heavy atom. The quantitative estimate of drug-likeness (QED) is 0.130. The summed E-state index contributed by atoms with van der Waals surface area (Å²) in [7, 11) is 3.07. The first-order valence-corrected chi connectivity index (χ1v) is 24.9. The summed E-state index contributed by atoms with van der Waals surface area (Å²) in [6.07, 6.45) is 6.21. The topological polar surface area (TPSA) is 183 Å². The highest BCUT2D eigenvalue weighted by molar-refractivity contribution is 6.39. The molecule has 1 aromatic heterocycles. The van der Waals surface area contributed by atoms with Gasteiger partial charge in [0.2, 0.25) is 5.79 Å². The molecule has 0 spiro atoms. The number of ether oxygens (including phenoxy) is 5. The highest BCUT2D eigenvalue weighted by Crippen LogP contribution is 2.40. The number of aromatic nitrogens is 1. The first kappa shape index (κ1) is 52.5. The lowest BCUT2D eigenvalue weighted by molar-refractivity contribution is -0.302. The van der Waals surface area contributed by atoms with Crippen LogP contribution in [0.25, 0.3) is 10.9 Å². The van der Waals surface area contributed by atoms with Crippen LogP contribution in [0.3, 0.4) is 0 Å². The number of methoxy groups -OCH3 is 2. The summed E-state index contributed by atoms with van der Waals surface area (Å²) in [6.45, 7) is 14.3. The third kappa shape index (κ3) is 12.1. The molecule has 1 saturated carbocycles. The fraction of sp³-hybridized carbons (Fsp3) is 0.698. The molecule has 14 heteroatoms. The van der Waals surface area contributed by atoms with Gasteiger partial charge in [-0.1, -0.05) is 52.3 Å². The number of hydrogen-bond donors (Lipinski definition) is 3. The lowest BCUT2D eigenvalue weighted by atomic mass is 9.81. The first-order chi connectivity index (χ1) is 31.9. The van der Waals surface area contributed by atoms with Crippen molar-refractivity contribution in [3.05, 3.63) is 53.8 Å². The fourth-order valence-electron chi connectivity index (χ4n) is 11.1. The van der Waals surface area contributed by atoms with Gasteiger partial charge in [0, 0.05) is 68.6 Å². The number of aliphatic hydroxyl groups is 3. The number of Topliss-reactive ketones (excluding diaryl/α,β-unsaturated/α-hetero) is 2. The molecular weight excluding hydrogens is 857 g/mol. The van der Waals surface area contributed by atoms with Crippen LogP contribution in [0.2, 0.25) is 0 Å². The summed E-state index contributed by atoms with van der Waals surface area (Å²) >= 11 is 0. The third-order valence-electron chi connectivity index (χ3n) is 15.1. The molecule has 372 valence electrons. The number of fused-ring (bicyclic) bond motifs is 4. The molecule has 1 aliphatic carbocycles. The average molecular weight is 935 g/mol. The SMILES string of the molecule is CCCn1ccc2cc(OC3CCC(C=C(C)C4OC(=O)C5CCCCN5C(=O)C(=O)C5(O)OC(C(OC)CC(C)C/C(C)=C/C(CC)C(=O)CC(O)C4C)C(OC)CC5C)CC3O)ccc21. The molecule has 2 aromatic rings. The van der Waals surface area contributed by atoms with E-state index in [4.69, 9.17) is 23.7 Å². The van der Waals surface area contributed by atoms with Crippen LogP contribution in [-0.2, 0) is 44.7 Å². The molecule has 4 aliphatic rings. The molecule has 3 aliphatic heterocycles. The van der Waals surface area contributed by atoms with Crippen molar-refractivity contribution in [2.24, 2.45) is 29.6 Å². The van der Waals surface area contributed by atoms with E-state index in [1.54, 1.807) is 13.8 Å².